The van der Waals surface area contributed by atoms with Crippen LogP contribution in [0, 0.1) is 0 Å². The van der Waals surface area contributed by atoms with Crippen molar-refractivity contribution in [3.63, 3.8) is 0 Å². The number of nitrogens with one attached hydrogen (secondary N) is 1. The predicted octanol–water partition coefficient (Wildman–Crippen LogP) is 8.65. The number of halogens is 6. The summed E-state index contributed by atoms with van der Waals surface area (Å²) >= 11 is 0. The highest BCUT2D eigenvalue weighted by Gasteiger charge is 2.32. The molecule has 0 saturated carbocycles. The molecular formula is C31H42F6N4O2. The summed E-state index contributed by atoms with van der Waals surface area (Å²) in [6, 6.07) is 2.24. The van der Waals surface area contributed by atoms with Gasteiger partial charge >= 0.3 is 18.4 Å². The molecule has 0 radical (unpaired) electrons. The molecule has 2 aliphatic heterocycles. The van der Waals surface area contributed by atoms with E-state index in [4.69, 9.17) is 4.74 Å². The second kappa shape index (κ2) is 17.0. The van der Waals surface area contributed by atoms with Gasteiger partial charge in [-0.3, -0.25) is 9.97 Å². The zero-order valence-corrected chi connectivity index (χ0v) is 25.8. The van der Waals surface area contributed by atoms with Gasteiger partial charge in [-0.25, -0.2) is 4.79 Å². The van der Waals surface area contributed by atoms with Crippen LogP contribution in [-0.2, 0) is 17.1 Å². The number of aromatic nitrogens is 2. The molecule has 4 rings (SSSR count). The molecule has 0 bridgehead atoms. The number of hydrogen-bond acceptors (Lipinski definition) is 5. The highest BCUT2D eigenvalue weighted by atomic mass is 19.4. The quantitative estimate of drug-likeness (QED) is 0.342. The molecule has 1 N–H and O–H groups in total. The number of amides is 1. The van der Waals surface area contributed by atoms with Crippen LogP contribution in [0.1, 0.15) is 83.6 Å². The lowest BCUT2D eigenvalue weighted by Crippen LogP contribution is -2.39. The third kappa shape index (κ3) is 12.8. The van der Waals surface area contributed by atoms with Gasteiger partial charge in [-0.15, -0.1) is 0 Å². The van der Waals surface area contributed by atoms with Crippen molar-refractivity contribution in [1.29, 1.82) is 0 Å². The molecule has 1 amide bonds. The second-order valence-electron chi connectivity index (χ2n) is 10.0. The van der Waals surface area contributed by atoms with Crippen LogP contribution in [0.2, 0.25) is 0 Å². The topological polar surface area (TPSA) is 67.3 Å². The molecule has 12 heteroatoms. The average Bonchev–Trinajstić information content (AvgIpc) is 2.98. The normalized spacial score (nSPS) is 15.2. The Kier molecular flexibility index (Phi) is 14.9. The number of alkyl halides is 6. The number of carbonyl (C=O) groups excluding carboxylic acids is 1. The first-order valence-electron chi connectivity index (χ1n) is 14.3. The minimum atomic E-state index is -4.42. The maximum atomic E-state index is 12.7. The molecule has 2 aromatic rings. The molecule has 2 aromatic heterocycles. The number of ether oxygens (including phenoxy) is 1. The molecule has 240 valence electrons. The molecule has 0 saturated heterocycles. The SMILES string of the molecule is CC.CC.CC(C)(C)OC(=O)N1CC=C(c2cncc(C(F)(F)F)c2)CC1.FC(F)(F)c1cncc(C2=CCNCC2)c1. The molecule has 0 unspecified atom stereocenters. The van der Waals surface area contributed by atoms with E-state index < -0.39 is 35.2 Å². The smallest absolute Gasteiger partial charge is 0.417 e. The van der Waals surface area contributed by atoms with E-state index in [1.54, 1.807) is 26.8 Å². The summed E-state index contributed by atoms with van der Waals surface area (Å²) in [5.74, 6) is 0. The zero-order valence-electron chi connectivity index (χ0n) is 25.8. The second-order valence-corrected chi connectivity index (χ2v) is 10.0. The Bertz CT molecular complexity index is 1220. The van der Waals surface area contributed by atoms with Gasteiger partial charge in [-0.2, -0.15) is 26.3 Å². The van der Waals surface area contributed by atoms with Crippen LogP contribution in [0.25, 0.3) is 11.1 Å². The Balaban J connectivity index is 0.000000404. The standard InChI is InChI=1S/C16H19F3N2O2.C11H11F3N2.2C2H6/c1-15(2,3)23-14(22)21-6-4-11(5-7-21)12-8-13(10-20-9-12)16(17,18)19;12-11(13,14)10-5-9(6-16-7-10)8-1-3-15-4-2-8;2*1-2/h4,8-10H,5-7H2,1-3H3;1,5-7,15H,2-4H2;2*1-2H3. The maximum absolute atomic E-state index is 12.7. The first-order chi connectivity index (χ1) is 20.1. The van der Waals surface area contributed by atoms with E-state index in [1.165, 1.54) is 17.3 Å². The van der Waals surface area contributed by atoms with Crippen molar-refractivity contribution in [2.75, 3.05) is 26.2 Å². The summed E-state index contributed by atoms with van der Waals surface area (Å²) in [5.41, 5.74) is 0.641. The Morgan fingerprint density at radius 1 is 0.791 bits per heavy atom. The summed E-state index contributed by atoms with van der Waals surface area (Å²) in [5, 5.41) is 3.11. The van der Waals surface area contributed by atoms with Gasteiger partial charge in [-0.05, 0) is 74.6 Å². The van der Waals surface area contributed by atoms with Crippen molar-refractivity contribution in [2.24, 2.45) is 0 Å². The summed E-state index contributed by atoms with van der Waals surface area (Å²) in [6.07, 6.45) is 0.227. The van der Waals surface area contributed by atoms with Crippen LogP contribution in [0.3, 0.4) is 0 Å². The number of carbonyl (C=O) groups is 1. The number of rotatable bonds is 2. The Hall–Kier alpha value is -3.41. The van der Waals surface area contributed by atoms with Crippen molar-refractivity contribution < 1.29 is 35.9 Å². The largest absolute Gasteiger partial charge is 0.444 e. The van der Waals surface area contributed by atoms with Gasteiger partial charge in [-0.1, -0.05) is 39.8 Å². The van der Waals surface area contributed by atoms with E-state index in [0.717, 1.165) is 48.6 Å². The minimum Gasteiger partial charge on any atom is -0.444 e. The van der Waals surface area contributed by atoms with Gasteiger partial charge in [0.1, 0.15) is 5.60 Å². The molecule has 0 atom stereocenters. The molecule has 6 nitrogen and oxygen atoms in total. The van der Waals surface area contributed by atoms with Gasteiger partial charge in [0.25, 0.3) is 0 Å². The van der Waals surface area contributed by atoms with E-state index in [-0.39, 0.29) is 0 Å². The van der Waals surface area contributed by atoms with Crippen molar-refractivity contribution in [3.05, 3.63) is 71.3 Å². The van der Waals surface area contributed by atoms with Gasteiger partial charge in [0.15, 0.2) is 0 Å². The molecule has 43 heavy (non-hydrogen) atoms. The Morgan fingerprint density at radius 2 is 1.28 bits per heavy atom. The minimum absolute atomic E-state index is 0.306. The van der Waals surface area contributed by atoms with Crippen LogP contribution in [0.15, 0.2) is 49.1 Å². The van der Waals surface area contributed by atoms with E-state index in [2.05, 4.69) is 15.3 Å². The van der Waals surface area contributed by atoms with Crippen LogP contribution >= 0.6 is 0 Å². The molecule has 0 fully saturated rings. The number of hydrogen-bond donors (Lipinski definition) is 1. The van der Waals surface area contributed by atoms with Crippen molar-refractivity contribution >= 4 is 17.2 Å². The summed E-state index contributed by atoms with van der Waals surface area (Å²) in [7, 11) is 0. The lowest BCUT2D eigenvalue weighted by atomic mass is 10.00. The van der Waals surface area contributed by atoms with Crippen LogP contribution < -0.4 is 5.32 Å². The zero-order chi connectivity index (χ0) is 32.8. The first kappa shape index (κ1) is 37.6. The molecule has 2 aliphatic rings. The lowest BCUT2D eigenvalue weighted by Gasteiger charge is -2.29. The van der Waals surface area contributed by atoms with Crippen molar-refractivity contribution in [1.82, 2.24) is 20.2 Å². The van der Waals surface area contributed by atoms with Crippen molar-refractivity contribution in [2.45, 2.75) is 79.3 Å². The predicted molar refractivity (Wildman–Crippen MR) is 157 cm³/mol. The lowest BCUT2D eigenvalue weighted by molar-refractivity contribution is -0.138. The highest BCUT2D eigenvalue weighted by molar-refractivity contribution is 5.72. The van der Waals surface area contributed by atoms with E-state index in [0.29, 0.717) is 37.2 Å². The fourth-order valence-corrected chi connectivity index (χ4v) is 3.85. The van der Waals surface area contributed by atoms with E-state index in [1.807, 2.05) is 33.8 Å². The number of nitrogens with zero attached hydrogens (tertiary/aromatic N) is 3. The van der Waals surface area contributed by atoms with Crippen molar-refractivity contribution in [3.8, 4) is 0 Å². The number of pyridine rings is 2. The highest BCUT2D eigenvalue weighted by Crippen LogP contribution is 2.32. The monoisotopic (exact) mass is 616 g/mol. The van der Waals surface area contributed by atoms with Gasteiger partial charge in [0.05, 0.1) is 11.1 Å². The molecule has 0 aliphatic carbocycles. The van der Waals surface area contributed by atoms with Crippen LogP contribution in [0.4, 0.5) is 31.1 Å². The maximum Gasteiger partial charge on any atom is 0.417 e. The van der Waals surface area contributed by atoms with Gasteiger partial charge < -0.3 is 15.0 Å². The Morgan fingerprint density at radius 3 is 1.65 bits per heavy atom. The molecular weight excluding hydrogens is 574 g/mol. The van der Waals surface area contributed by atoms with Crippen LogP contribution in [-0.4, -0.2) is 52.7 Å². The van der Waals surface area contributed by atoms with E-state index in [9.17, 15) is 31.1 Å². The third-order valence-corrected chi connectivity index (χ3v) is 5.80. The van der Waals surface area contributed by atoms with E-state index >= 15 is 0 Å². The average molecular weight is 617 g/mol. The Labute approximate surface area is 250 Å². The van der Waals surface area contributed by atoms with Crippen LogP contribution in [0.5, 0.6) is 0 Å². The van der Waals surface area contributed by atoms with Gasteiger partial charge in [0, 0.05) is 44.4 Å². The molecule has 4 heterocycles. The third-order valence-electron chi connectivity index (χ3n) is 5.80. The first-order valence-corrected chi connectivity index (χ1v) is 14.3. The summed E-state index contributed by atoms with van der Waals surface area (Å²) < 4.78 is 80.9. The summed E-state index contributed by atoms with van der Waals surface area (Å²) in [4.78, 5) is 20.8. The molecule has 0 spiro atoms. The fourth-order valence-electron chi connectivity index (χ4n) is 3.85. The molecule has 0 aromatic carbocycles. The fraction of sp³-hybridized carbons (Fsp3) is 0.516. The summed E-state index contributed by atoms with van der Waals surface area (Å²) in [6.45, 7) is 15.5. The van der Waals surface area contributed by atoms with Gasteiger partial charge in [0.2, 0.25) is 0 Å².